The van der Waals surface area contributed by atoms with Crippen molar-refractivity contribution in [1.29, 1.82) is 0 Å². The fourth-order valence-corrected chi connectivity index (χ4v) is 6.03. The Morgan fingerprint density at radius 3 is 0.979 bits per heavy atom. The number of unbranched alkanes of at least 4 members (excludes halogenated alkanes) is 24. The molecule has 0 bridgehead atoms. The van der Waals surface area contributed by atoms with Crippen LogP contribution in [0.4, 0.5) is 0 Å². The first-order valence-corrected chi connectivity index (χ1v) is 20.7. The Hall–Kier alpha value is -1.58. The van der Waals surface area contributed by atoms with Crippen molar-refractivity contribution in [2.24, 2.45) is 0 Å². The fraction of sp³-hybridized carbons (Fsp3) is 0.860. The molecule has 0 saturated heterocycles. The van der Waals surface area contributed by atoms with Crippen molar-refractivity contribution in [2.45, 2.75) is 214 Å². The first kappa shape index (κ1) is 47.5. The van der Waals surface area contributed by atoms with E-state index in [0.29, 0.717) is 5.57 Å². The topological polar surface area (TPSA) is 40.6 Å². The van der Waals surface area contributed by atoms with E-state index >= 15 is 0 Å². The maximum atomic E-state index is 12.1. The number of rotatable bonds is 34. The molecule has 0 spiro atoms. The first-order chi connectivity index (χ1) is 22.9. The summed E-state index contributed by atoms with van der Waals surface area (Å²) in [6.45, 7) is 21.7. The lowest BCUT2D eigenvalue weighted by Crippen LogP contribution is -2.33. The molecule has 0 fully saturated rings. The van der Waals surface area contributed by atoms with Crippen LogP contribution in [0, 0.1) is 0 Å². The summed E-state index contributed by atoms with van der Waals surface area (Å²) in [5, 5.41) is 0. The molecule has 0 aromatic rings. The van der Waals surface area contributed by atoms with Crippen LogP contribution in [0.5, 0.6) is 0 Å². The molecule has 0 N–H and O–H groups in total. The number of nitrogens with zero attached hydrogens (tertiary/aromatic N) is 2. The van der Waals surface area contributed by atoms with Crippen LogP contribution >= 0.6 is 0 Å². The van der Waals surface area contributed by atoms with E-state index in [1.54, 1.807) is 0 Å². The molecule has 4 nitrogen and oxygen atoms in total. The molecule has 0 aliphatic carbocycles. The van der Waals surface area contributed by atoms with Gasteiger partial charge in [-0.3, -0.25) is 9.59 Å². The molecule has 0 heterocycles. The Kier molecular flexibility index (Phi) is 39.3. The van der Waals surface area contributed by atoms with Crippen LogP contribution in [0.1, 0.15) is 214 Å². The summed E-state index contributed by atoms with van der Waals surface area (Å²) in [4.78, 5) is 27.8. The minimum atomic E-state index is 0.100. The largest absolute Gasteiger partial charge is 0.339 e. The average Bonchev–Trinajstić information content (AvgIpc) is 3.07. The van der Waals surface area contributed by atoms with Gasteiger partial charge >= 0.3 is 0 Å². The van der Waals surface area contributed by atoms with E-state index in [9.17, 15) is 9.59 Å². The number of hydrogen-bond donors (Lipinski definition) is 0. The van der Waals surface area contributed by atoms with Crippen LogP contribution in [0.2, 0.25) is 0 Å². The summed E-state index contributed by atoms with van der Waals surface area (Å²) < 4.78 is 0. The van der Waals surface area contributed by atoms with Crippen molar-refractivity contribution in [3.8, 4) is 0 Å². The van der Waals surface area contributed by atoms with Gasteiger partial charge in [0.2, 0.25) is 11.8 Å². The van der Waals surface area contributed by atoms with E-state index in [-0.39, 0.29) is 11.8 Å². The van der Waals surface area contributed by atoms with Crippen LogP contribution in [0.25, 0.3) is 0 Å². The Morgan fingerprint density at radius 2 is 0.681 bits per heavy atom. The highest BCUT2D eigenvalue weighted by atomic mass is 16.2. The maximum Gasteiger partial charge on any atom is 0.248 e. The summed E-state index contributed by atoms with van der Waals surface area (Å²) in [5.41, 5.74) is 0.670. The van der Waals surface area contributed by atoms with E-state index in [2.05, 4.69) is 40.9 Å². The lowest BCUT2D eigenvalue weighted by Gasteiger charge is -2.22. The normalized spacial score (nSPS) is 10.7. The molecule has 0 radical (unpaired) electrons. The number of carbonyl (C=O) groups is 2. The summed E-state index contributed by atoms with van der Waals surface area (Å²) >= 11 is 0. The molecule has 0 rings (SSSR count). The number of amides is 2. The van der Waals surface area contributed by atoms with Crippen LogP contribution in [-0.2, 0) is 9.59 Å². The molecule has 47 heavy (non-hydrogen) atoms. The Balaban J connectivity index is 0. The number of hydrogen-bond acceptors (Lipinski definition) is 2. The van der Waals surface area contributed by atoms with E-state index in [1.165, 1.54) is 147 Å². The minimum Gasteiger partial charge on any atom is -0.339 e. The second kappa shape index (κ2) is 38.9. The van der Waals surface area contributed by atoms with Crippen molar-refractivity contribution in [3.05, 3.63) is 24.8 Å². The van der Waals surface area contributed by atoms with Gasteiger partial charge in [-0.15, -0.1) is 0 Å². The Bertz CT molecular complexity index is 704. The fourth-order valence-electron chi connectivity index (χ4n) is 6.03. The van der Waals surface area contributed by atoms with Gasteiger partial charge < -0.3 is 9.80 Å². The van der Waals surface area contributed by atoms with Gasteiger partial charge in [0.05, 0.1) is 0 Å². The van der Waals surface area contributed by atoms with Gasteiger partial charge in [-0.25, -0.2) is 0 Å². The van der Waals surface area contributed by atoms with Crippen molar-refractivity contribution >= 4 is 11.8 Å². The Morgan fingerprint density at radius 1 is 0.426 bits per heavy atom. The standard InChI is InChI=1S/C23H45NO.C20H39NO/c1-4-7-9-10-11-12-13-14-15-16-17-18-19-20-22-24(21-8-5-2)23(25)6-3;1-5-7-9-10-11-12-13-14-15-16-18-21(17-8-6-2)20(22)19(3)4/h6H,3-5,7-22H2,1-2H3;3,5-18H2,1-2,4H3. The molecule has 0 aromatic carbocycles. The Labute approximate surface area is 296 Å². The molecule has 4 heteroatoms. The molecule has 278 valence electrons. The summed E-state index contributed by atoms with van der Waals surface area (Å²) in [6, 6.07) is 0. The van der Waals surface area contributed by atoms with Crippen molar-refractivity contribution < 1.29 is 9.59 Å². The predicted octanol–water partition coefficient (Wildman–Crippen LogP) is 13.4. The zero-order valence-electron chi connectivity index (χ0n) is 32.8. The van der Waals surface area contributed by atoms with Crippen molar-refractivity contribution in [2.75, 3.05) is 26.2 Å². The number of carbonyl (C=O) groups excluding carboxylic acids is 2. The van der Waals surface area contributed by atoms with Gasteiger partial charge in [0.25, 0.3) is 0 Å². The van der Waals surface area contributed by atoms with Crippen LogP contribution in [0.15, 0.2) is 24.8 Å². The summed E-state index contributed by atoms with van der Waals surface area (Å²) in [5.74, 6) is 0.243. The second-order valence-electron chi connectivity index (χ2n) is 14.1. The van der Waals surface area contributed by atoms with Gasteiger partial charge in [-0.2, -0.15) is 0 Å². The van der Waals surface area contributed by atoms with Gasteiger partial charge in [0, 0.05) is 31.8 Å². The quantitative estimate of drug-likeness (QED) is 0.0509. The highest BCUT2D eigenvalue weighted by molar-refractivity contribution is 5.92. The zero-order valence-corrected chi connectivity index (χ0v) is 32.8. The van der Waals surface area contributed by atoms with Crippen molar-refractivity contribution in [3.63, 3.8) is 0 Å². The van der Waals surface area contributed by atoms with E-state index in [4.69, 9.17) is 0 Å². The monoisotopic (exact) mass is 661 g/mol. The molecule has 0 unspecified atom stereocenters. The highest BCUT2D eigenvalue weighted by Crippen LogP contribution is 2.14. The SMILES string of the molecule is C=C(C)C(=O)N(CCCC)CCCCCCCCCCCC.C=CC(=O)N(CCCC)CCCCCCCCCCCCCCCC. The predicted molar refractivity (Wildman–Crippen MR) is 210 cm³/mol. The van der Waals surface area contributed by atoms with E-state index in [0.717, 1.165) is 64.7 Å². The van der Waals surface area contributed by atoms with Crippen LogP contribution < -0.4 is 0 Å². The van der Waals surface area contributed by atoms with Crippen molar-refractivity contribution in [1.82, 2.24) is 9.80 Å². The zero-order chi connectivity index (χ0) is 35.2. The smallest absolute Gasteiger partial charge is 0.248 e. The summed E-state index contributed by atoms with van der Waals surface area (Å²) in [7, 11) is 0. The lowest BCUT2D eigenvalue weighted by molar-refractivity contribution is -0.127. The maximum absolute atomic E-state index is 12.1. The molecule has 0 aliphatic heterocycles. The minimum absolute atomic E-state index is 0.100. The molecule has 0 aromatic heterocycles. The first-order valence-electron chi connectivity index (χ1n) is 20.7. The molecular weight excluding hydrogens is 576 g/mol. The van der Waals surface area contributed by atoms with Gasteiger partial charge in [0.1, 0.15) is 0 Å². The third-order valence-electron chi connectivity index (χ3n) is 9.26. The third-order valence-corrected chi connectivity index (χ3v) is 9.26. The lowest BCUT2D eigenvalue weighted by atomic mass is 10.0. The van der Waals surface area contributed by atoms with E-state index in [1.807, 2.05) is 16.7 Å². The molecule has 0 saturated carbocycles. The van der Waals surface area contributed by atoms with Gasteiger partial charge in [0.15, 0.2) is 0 Å². The molecular formula is C43H84N2O2. The molecule has 0 aliphatic rings. The summed E-state index contributed by atoms with van der Waals surface area (Å²) in [6.07, 6.45) is 38.6. The second-order valence-corrected chi connectivity index (χ2v) is 14.1. The van der Waals surface area contributed by atoms with Crippen LogP contribution in [0.3, 0.4) is 0 Å². The van der Waals surface area contributed by atoms with E-state index < -0.39 is 0 Å². The molecule has 0 atom stereocenters. The average molecular weight is 661 g/mol. The highest BCUT2D eigenvalue weighted by Gasteiger charge is 2.13. The van der Waals surface area contributed by atoms with Gasteiger partial charge in [-0.05, 0) is 38.7 Å². The van der Waals surface area contributed by atoms with Gasteiger partial charge in [-0.1, -0.05) is 195 Å². The molecule has 2 amide bonds. The van der Waals surface area contributed by atoms with Crippen LogP contribution in [-0.4, -0.2) is 47.8 Å². The third kappa shape index (κ3) is 34.1.